The normalized spacial score (nSPS) is 21.5. The molecule has 6 rings (SSSR count). The van der Waals surface area contributed by atoms with Crippen LogP contribution in [0.5, 0.6) is 11.5 Å². The minimum Gasteiger partial charge on any atom is -0.395 e. The number of hydrogen-bond acceptors (Lipinski definition) is 6. The average Bonchev–Trinajstić information content (AvgIpc) is 3.54. The van der Waals surface area contributed by atoms with Crippen LogP contribution in [0.1, 0.15) is 49.8 Å². The first-order valence-corrected chi connectivity index (χ1v) is 13.1. The molecule has 204 valence electrons. The van der Waals surface area contributed by atoms with Crippen molar-refractivity contribution in [1.82, 2.24) is 4.98 Å². The lowest BCUT2D eigenvalue weighted by Gasteiger charge is -2.17. The number of alkyl halides is 2. The summed E-state index contributed by atoms with van der Waals surface area (Å²) in [5.74, 6) is -0.438. The summed E-state index contributed by atoms with van der Waals surface area (Å²) in [5, 5.41) is 2.95. The standard InChI is InChI=1S/C30H30F2N2O5/c1-18-7-12-25(33-26(18)20-6-4-5-19(15-20)8-10-22-17-36-28(2,3)37-22)34-27(35)29(13-14-29)21-9-11-23-24(16-21)39-30(31,32)38-23/h4-7,9,11-12,15-16,22H,8,10,13-14,17H2,1-3H3,(H,33,34,35)/t22-/m1/s1. The minimum absolute atomic E-state index is 0.0417. The maximum atomic E-state index is 13.5. The van der Waals surface area contributed by atoms with E-state index < -0.39 is 17.5 Å². The summed E-state index contributed by atoms with van der Waals surface area (Å²) in [6.07, 6.45) is -0.731. The Kier molecular flexibility index (Phi) is 6.11. The van der Waals surface area contributed by atoms with Crippen LogP contribution in [0.25, 0.3) is 11.3 Å². The predicted molar refractivity (Wildman–Crippen MR) is 140 cm³/mol. The SMILES string of the molecule is Cc1ccc(NC(=O)C2(c3ccc4c(c3)OC(F)(F)O4)CC2)nc1-c1cccc(CC[C@@H]2COC(C)(C)O2)c1. The van der Waals surface area contributed by atoms with E-state index in [1.165, 1.54) is 17.7 Å². The topological polar surface area (TPSA) is 78.9 Å². The Morgan fingerprint density at radius 3 is 2.59 bits per heavy atom. The number of pyridine rings is 1. The Morgan fingerprint density at radius 2 is 1.85 bits per heavy atom. The van der Waals surface area contributed by atoms with Gasteiger partial charge in [-0.25, -0.2) is 4.98 Å². The number of hydrogen-bond donors (Lipinski definition) is 1. The lowest BCUT2D eigenvalue weighted by molar-refractivity contribution is -0.286. The summed E-state index contributed by atoms with van der Waals surface area (Å²) in [6, 6.07) is 16.4. The monoisotopic (exact) mass is 536 g/mol. The molecule has 1 N–H and O–H groups in total. The number of rotatable bonds is 7. The van der Waals surface area contributed by atoms with Crippen LogP contribution >= 0.6 is 0 Å². The zero-order chi connectivity index (χ0) is 27.4. The molecule has 0 unspecified atom stereocenters. The van der Waals surface area contributed by atoms with E-state index in [0.29, 0.717) is 30.8 Å². The Balaban J connectivity index is 1.17. The summed E-state index contributed by atoms with van der Waals surface area (Å²) in [4.78, 5) is 18.1. The van der Waals surface area contributed by atoms with Gasteiger partial charge in [0, 0.05) is 5.56 Å². The van der Waals surface area contributed by atoms with Gasteiger partial charge in [0.25, 0.3) is 0 Å². The molecule has 1 amide bonds. The number of ether oxygens (including phenoxy) is 4. The molecular formula is C30H30F2N2O5. The highest BCUT2D eigenvalue weighted by molar-refractivity contribution is 6.01. The molecule has 2 aliphatic heterocycles. The van der Waals surface area contributed by atoms with E-state index >= 15 is 0 Å². The van der Waals surface area contributed by atoms with Gasteiger partial charge in [-0.05, 0) is 87.4 Å². The zero-order valence-corrected chi connectivity index (χ0v) is 22.1. The van der Waals surface area contributed by atoms with Crippen molar-refractivity contribution in [2.75, 3.05) is 11.9 Å². The summed E-state index contributed by atoms with van der Waals surface area (Å²) in [7, 11) is 0. The number of benzene rings is 2. The average molecular weight is 537 g/mol. The van der Waals surface area contributed by atoms with Crippen molar-refractivity contribution >= 4 is 11.7 Å². The molecule has 7 nitrogen and oxygen atoms in total. The van der Waals surface area contributed by atoms with Crippen LogP contribution in [0.15, 0.2) is 54.6 Å². The molecule has 9 heteroatoms. The second-order valence-corrected chi connectivity index (χ2v) is 10.9. The van der Waals surface area contributed by atoms with Crippen molar-refractivity contribution in [2.45, 2.75) is 70.1 Å². The highest BCUT2D eigenvalue weighted by atomic mass is 19.3. The number of anilines is 1. The number of nitrogens with zero attached hydrogens (tertiary/aromatic N) is 1. The predicted octanol–water partition coefficient (Wildman–Crippen LogP) is 6.13. The van der Waals surface area contributed by atoms with Gasteiger partial charge < -0.3 is 24.3 Å². The molecule has 3 aromatic rings. The van der Waals surface area contributed by atoms with E-state index in [9.17, 15) is 13.6 Å². The van der Waals surface area contributed by atoms with E-state index in [-0.39, 0.29) is 23.5 Å². The molecule has 2 aromatic carbocycles. The number of nitrogens with one attached hydrogen (secondary N) is 1. The third kappa shape index (κ3) is 5.21. The van der Waals surface area contributed by atoms with Gasteiger partial charge in [-0.3, -0.25) is 4.79 Å². The van der Waals surface area contributed by atoms with Gasteiger partial charge in [0.2, 0.25) is 5.91 Å². The van der Waals surface area contributed by atoms with Crippen molar-refractivity contribution in [1.29, 1.82) is 0 Å². The highest BCUT2D eigenvalue weighted by Crippen LogP contribution is 2.52. The summed E-state index contributed by atoms with van der Waals surface area (Å²) in [6.45, 7) is 6.43. The number of halogens is 2. The van der Waals surface area contributed by atoms with Crippen LogP contribution in [0.4, 0.5) is 14.6 Å². The Bertz CT molecular complexity index is 1440. The van der Waals surface area contributed by atoms with Gasteiger partial charge in [-0.1, -0.05) is 30.3 Å². The maximum absolute atomic E-state index is 13.5. The number of fused-ring (bicyclic) bond motifs is 1. The van der Waals surface area contributed by atoms with Gasteiger partial charge >= 0.3 is 6.29 Å². The number of aromatic nitrogens is 1. The van der Waals surface area contributed by atoms with Crippen molar-refractivity contribution in [3.8, 4) is 22.8 Å². The molecule has 2 fully saturated rings. The largest absolute Gasteiger partial charge is 0.586 e. The quantitative estimate of drug-likeness (QED) is 0.391. The lowest BCUT2D eigenvalue weighted by atomic mass is 9.94. The summed E-state index contributed by atoms with van der Waals surface area (Å²) >= 11 is 0. The van der Waals surface area contributed by atoms with Crippen molar-refractivity contribution in [3.63, 3.8) is 0 Å². The molecular weight excluding hydrogens is 506 g/mol. The summed E-state index contributed by atoms with van der Waals surface area (Å²) < 4.78 is 47.6. The second-order valence-electron chi connectivity index (χ2n) is 10.9. The highest BCUT2D eigenvalue weighted by Gasteiger charge is 2.53. The maximum Gasteiger partial charge on any atom is 0.586 e. The first kappa shape index (κ1) is 25.7. The van der Waals surface area contributed by atoms with E-state index in [4.69, 9.17) is 14.5 Å². The van der Waals surface area contributed by atoms with Crippen molar-refractivity contribution in [3.05, 3.63) is 71.3 Å². The van der Waals surface area contributed by atoms with Crippen LogP contribution in [-0.4, -0.2) is 35.7 Å². The number of carbonyl (C=O) groups is 1. The first-order chi connectivity index (χ1) is 18.5. The first-order valence-electron chi connectivity index (χ1n) is 13.1. The van der Waals surface area contributed by atoms with Crippen LogP contribution in [0, 0.1) is 6.92 Å². The van der Waals surface area contributed by atoms with E-state index in [1.54, 1.807) is 12.1 Å². The van der Waals surface area contributed by atoms with Crippen LogP contribution in [0.3, 0.4) is 0 Å². The van der Waals surface area contributed by atoms with E-state index in [1.807, 2.05) is 39.0 Å². The summed E-state index contributed by atoms with van der Waals surface area (Å²) in [5.41, 5.74) is 3.69. The fourth-order valence-electron chi connectivity index (χ4n) is 5.25. The molecule has 3 heterocycles. The van der Waals surface area contributed by atoms with Crippen molar-refractivity contribution < 1.29 is 32.5 Å². The molecule has 3 aliphatic rings. The van der Waals surface area contributed by atoms with Crippen LogP contribution in [0.2, 0.25) is 0 Å². The molecule has 1 aromatic heterocycles. The number of aryl methyl sites for hydroxylation is 2. The van der Waals surface area contributed by atoms with Crippen LogP contribution < -0.4 is 14.8 Å². The van der Waals surface area contributed by atoms with E-state index in [0.717, 1.165) is 29.7 Å². The zero-order valence-electron chi connectivity index (χ0n) is 22.1. The second kappa shape index (κ2) is 9.27. The molecule has 1 atom stereocenters. The Morgan fingerprint density at radius 1 is 1.05 bits per heavy atom. The van der Waals surface area contributed by atoms with Crippen molar-refractivity contribution in [2.24, 2.45) is 0 Å². The van der Waals surface area contributed by atoms with E-state index in [2.05, 4.69) is 26.9 Å². The van der Waals surface area contributed by atoms with Gasteiger partial charge in [0.1, 0.15) is 5.82 Å². The molecule has 39 heavy (non-hydrogen) atoms. The van der Waals surface area contributed by atoms with Gasteiger partial charge in [0.05, 0.1) is 23.8 Å². The molecule has 1 aliphatic carbocycles. The smallest absolute Gasteiger partial charge is 0.395 e. The Labute approximate surface area is 225 Å². The molecule has 1 saturated heterocycles. The molecule has 0 spiro atoms. The fraction of sp³-hybridized carbons (Fsp3) is 0.400. The molecule has 1 saturated carbocycles. The lowest BCUT2D eigenvalue weighted by Crippen LogP contribution is -2.28. The van der Waals surface area contributed by atoms with Gasteiger partial charge in [-0.2, -0.15) is 0 Å². The van der Waals surface area contributed by atoms with Gasteiger partial charge in [-0.15, -0.1) is 8.78 Å². The van der Waals surface area contributed by atoms with Gasteiger partial charge in [0.15, 0.2) is 17.3 Å². The third-order valence-corrected chi connectivity index (χ3v) is 7.50. The fourth-order valence-corrected chi connectivity index (χ4v) is 5.25. The van der Waals surface area contributed by atoms with Crippen LogP contribution in [-0.2, 0) is 26.1 Å². The molecule has 0 radical (unpaired) electrons. The number of amides is 1. The minimum atomic E-state index is -3.70. The molecule has 0 bridgehead atoms. The Hall–Kier alpha value is -3.56. The number of carbonyl (C=O) groups excluding carboxylic acids is 1. The third-order valence-electron chi connectivity index (χ3n) is 7.50.